The summed E-state index contributed by atoms with van der Waals surface area (Å²) in [6.45, 7) is 2.05. The van der Waals surface area contributed by atoms with Gasteiger partial charge < -0.3 is 10.2 Å². The van der Waals surface area contributed by atoms with Crippen molar-refractivity contribution in [2.24, 2.45) is 0 Å². The first kappa shape index (κ1) is 20.5. The molecule has 10 heteroatoms. The summed E-state index contributed by atoms with van der Waals surface area (Å²) in [5, 5.41) is 11.5. The molecule has 1 aliphatic rings. The second-order valence-electron chi connectivity index (χ2n) is 6.52. The van der Waals surface area contributed by atoms with Crippen molar-refractivity contribution in [3.8, 4) is 6.07 Å². The van der Waals surface area contributed by atoms with Crippen LogP contribution in [0.2, 0.25) is 0 Å². The largest absolute Gasteiger partial charge is 0.416 e. The van der Waals surface area contributed by atoms with Crippen LogP contribution in [0.25, 0.3) is 0 Å². The van der Waals surface area contributed by atoms with E-state index in [2.05, 4.69) is 16.4 Å². The van der Waals surface area contributed by atoms with Crippen LogP contribution in [0, 0.1) is 17.1 Å². The maximum atomic E-state index is 13.4. The fraction of sp³-hybridized carbons (Fsp3) is 0.316. The average Bonchev–Trinajstić information content (AvgIpc) is 2.67. The molecular weight excluding hydrogens is 390 g/mol. The van der Waals surface area contributed by atoms with E-state index in [1.165, 1.54) is 0 Å². The zero-order chi connectivity index (χ0) is 21.0. The van der Waals surface area contributed by atoms with Crippen LogP contribution in [0.5, 0.6) is 0 Å². The molecule has 0 spiro atoms. The van der Waals surface area contributed by atoms with Crippen LogP contribution < -0.4 is 10.2 Å². The van der Waals surface area contributed by atoms with Crippen LogP contribution in [0.3, 0.4) is 0 Å². The molecular formula is C19H17F4N5O. The normalized spacial score (nSPS) is 15.1. The number of pyridine rings is 1. The molecule has 152 valence electrons. The van der Waals surface area contributed by atoms with Crippen LogP contribution in [-0.4, -0.2) is 48.5 Å². The number of alkyl halides is 3. The molecule has 0 unspecified atom stereocenters. The van der Waals surface area contributed by atoms with E-state index in [-0.39, 0.29) is 12.2 Å². The van der Waals surface area contributed by atoms with Crippen molar-refractivity contribution in [2.45, 2.75) is 6.18 Å². The van der Waals surface area contributed by atoms with Crippen molar-refractivity contribution < 1.29 is 22.4 Å². The summed E-state index contributed by atoms with van der Waals surface area (Å²) in [7, 11) is 0. The summed E-state index contributed by atoms with van der Waals surface area (Å²) in [5.41, 5.74) is -0.941. The van der Waals surface area contributed by atoms with Crippen LogP contribution >= 0.6 is 0 Å². The summed E-state index contributed by atoms with van der Waals surface area (Å²) in [5.74, 6) is -1.03. The van der Waals surface area contributed by atoms with E-state index < -0.39 is 23.5 Å². The maximum Gasteiger partial charge on any atom is 0.416 e. The lowest BCUT2D eigenvalue weighted by atomic mass is 10.2. The van der Waals surface area contributed by atoms with E-state index in [0.29, 0.717) is 49.7 Å². The highest BCUT2D eigenvalue weighted by Crippen LogP contribution is 2.31. The molecule has 3 rings (SSSR count). The standard InChI is InChI=1S/C19H17F4N5O/c20-15-8-14(19(21,22)23)9-16(10-15)26-17(29)12-27-4-6-28(7-5-27)18-13(11-24)2-1-3-25-18/h1-3,8-10H,4-7,12H2,(H,26,29). The minimum Gasteiger partial charge on any atom is -0.353 e. The molecule has 1 N–H and O–H groups in total. The molecule has 1 aromatic heterocycles. The first-order valence-corrected chi connectivity index (χ1v) is 8.76. The van der Waals surface area contributed by atoms with Gasteiger partial charge in [-0.15, -0.1) is 0 Å². The zero-order valence-corrected chi connectivity index (χ0v) is 15.2. The Bertz CT molecular complexity index is 933. The van der Waals surface area contributed by atoms with Gasteiger partial charge in [-0.3, -0.25) is 9.69 Å². The van der Waals surface area contributed by atoms with E-state index in [0.717, 1.165) is 6.07 Å². The molecule has 1 aliphatic heterocycles. The van der Waals surface area contributed by atoms with Crippen molar-refractivity contribution in [1.29, 1.82) is 5.26 Å². The SMILES string of the molecule is N#Cc1cccnc1N1CCN(CC(=O)Nc2cc(F)cc(C(F)(F)F)c2)CC1. The Hall–Kier alpha value is -3.19. The number of carbonyl (C=O) groups is 1. The van der Waals surface area contributed by atoms with Gasteiger partial charge in [0.15, 0.2) is 0 Å². The lowest BCUT2D eigenvalue weighted by Gasteiger charge is -2.35. The third-order valence-electron chi connectivity index (χ3n) is 4.46. The van der Waals surface area contributed by atoms with Gasteiger partial charge in [-0.05, 0) is 30.3 Å². The second-order valence-corrected chi connectivity index (χ2v) is 6.52. The van der Waals surface area contributed by atoms with E-state index in [1.807, 2.05) is 9.80 Å². The average molecular weight is 407 g/mol. The van der Waals surface area contributed by atoms with Gasteiger partial charge in [0.1, 0.15) is 17.7 Å². The number of hydrogen-bond donors (Lipinski definition) is 1. The molecule has 0 radical (unpaired) electrons. The molecule has 0 bridgehead atoms. The third-order valence-corrected chi connectivity index (χ3v) is 4.46. The third kappa shape index (κ3) is 5.20. The highest BCUT2D eigenvalue weighted by Gasteiger charge is 2.31. The van der Waals surface area contributed by atoms with Gasteiger partial charge >= 0.3 is 6.18 Å². The van der Waals surface area contributed by atoms with Gasteiger partial charge in [0, 0.05) is 38.1 Å². The fourth-order valence-electron chi connectivity index (χ4n) is 3.08. The second kappa shape index (κ2) is 8.45. The smallest absolute Gasteiger partial charge is 0.353 e. The van der Waals surface area contributed by atoms with Crippen molar-refractivity contribution in [3.63, 3.8) is 0 Å². The van der Waals surface area contributed by atoms with Crippen LogP contribution in [0.15, 0.2) is 36.5 Å². The Morgan fingerprint density at radius 3 is 2.59 bits per heavy atom. The van der Waals surface area contributed by atoms with Gasteiger partial charge in [0.05, 0.1) is 17.7 Å². The zero-order valence-electron chi connectivity index (χ0n) is 15.2. The number of rotatable bonds is 4. The highest BCUT2D eigenvalue weighted by molar-refractivity contribution is 5.92. The van der Waals surface area contributed by atoms with Gasteiger partial charge in [-0.1, -0.05) is 0 Å². The van der Waals surface area contributed by atoms with Gasteiger partial charge in [-0.25, -0.2) is 9.37 Å². The lowest BCUT2D eigenvalue weighted by Crippen LogP contribution is -2.49. The van der Waals surface area contributed by atoms with E-state index in [1.54, 1.807) is 18.3 Å². The molecule has 1 fully saturated rings. The monoisotopic (exact) mass is 407 g/mol. The number of nitrogens with zero attached hydrogens (tertiary/aromatic N) is 4. The van der Waals surface area contributed by atoms with E-state index in [4.69, 9.17) is 0 Å². The van der Waals surface area contributed by atoms with Gasteiger partial charge in [0.25, 0.3) is 0 Å². The Morgan fingerprint density at radius 1 is 1.21 bits per heavy atom. The highest BCUT2D eigenvalue weighted by atomic mass is 19.4. The number of anilines is 2. The first-order chi connectivity index (χ1) is 13.8. The topological polar surface area (TPSA) is 72.3 Å². The molecule has 1 aromatic carbocycles. The molecule has 29 heavy (non-hydrogen) atoms. The van der Waals surface area contributed by atoms with Crippen molar-refractivity contribution in [2.75, 3.05) is 42.9 Å². The molecule has 1 amide bonds. The van der Waals surface area contributed by atoms with E-state index in [9.17, 15) is 27.6 Å². The predicted octanol–water partition coefficient (Wildman–Crippen LogP) is 2.87. The maximum absolute atomic E-state index is 13.4. The number of nitrogens with one attached hydrogen (secondary N) is 1. The Morgan fingerprint density at radius 2 is 1.93 bits per heavy atom. The number of aromatic nitrogens is 1. The van der Waals surface area contributed by atoms with Crippen molar-refractivity contribution >= 4 is 17.4 Å². The fourth-order valence-corrected chi connectivity index (χ4v) is 3.08. The van der Waals surface area contributed by atoms with E-state index >= 15 is 0 Å². The molecule has 0 atom stereocenters. The number of benzene rings is 1. The summed E-state index contributed by atoms with van der Waals surface area (Å²) in [6, 6.07) is 7.37. The first-order valence-electron chi connectivity index (χ1n) is 8.76. The number of halogens is 4. The number of hydrogen-bond acceptors (Lipinski definition) is 5. The van der Waals surface area contributed by atoms with Crippen LogP contribution in [-0.2, 0) is 11.0 Å². The quantitative estimate of drug-likeness (QED) is 0.790. The Kier molecular flexibility index (Phi) is 5.98. The molecule has 2 aromatic rings. The van der Waals surface area contributed by atoms with Crippen LogP contribution in [0.4, 0.5) is 29.1 Å². The van der Waals surface area contributed by atoms with Gasteiger partial charge in [0.2, 0.25) is 5.91 Å². The summed E-state index contributed by atoms with van der Waals surface area (Å²) in [4.78, 5) is 20.2. The minimum absolute atomic E-state index is 0.0426. The van der Waals surface area contributed by atoms with Crippen molar-refractivity contribution in [3.05, 3.63) is 53.5 Å². The number of carbonyl (C=O) groups excluding carboxylic acids is 1. The molecule has 2 heterocycles. The molecule has 0 saturated carbocycles. The molecule has 0 aliphatic carbocycles. The summed E-state index contributed by atoms with van der Waals surface area (Å²) >= 11 is 0. The Labute approximate surface area is 164 Å². The minimum atomic E-state index is -4.70. The van der Waals surface area contributed by atoms with Crippen molar-refractivity contribution in [1.82, 2.24) is 9.88 Å². The van der Waals surface area contributed by atoms with Gasteiger partial charge in [-0.2, -0.15) is 18.4 Å². The molecule has 1 saturated heterocycles. The number of amides is 1. The number of nitriles is 1. The predicted molar refractivity (Wildman–Crippen MR) is 97.6 cm³/mol. The Balaban J connectivity index is 1.57. The summed E-state index contributed by atoms with van der Waals surface area (Å²) in [6.07, 6.45) is -3.10. The summed E-state index contributed by atoms with van der Waals surface area (Å²) < 4.78 is 51.8. The number of piperazine rings is 1. The van der Waals surface area contributed by atoms with Crippen LogP contribution in [0.1, 0.15) is 11.1 Å². The lowest BCUT2D eigenvalue weighted by molar-refractivity contribution is -0.137. The molecule has 6 nitrogen and oxygen atoms in total.